The van der Waals surface area contributed by atoms with Gasteiger partial charge in [-0.3, -0.25) is 9.36 Å². The molecule has 0 aliphatic carbocycles. The highest BCUT2D eigenvalue weighted by atomic mass is 16.1. The Balaban J connectivity index is 2.58. The zero-order chi connectivity index (χ0) is 9.97. The fourth-order valence-corrected chi connectivity index (χ4v) is 1.22. The summed E-state index contributed by atoms with van der Waals surface area (Å²) in [7, 11) is 0. The third-order valence-electron chi connectivity index (χ3n) is 1.88. The van der Waals surface area contributed by atoms with Gasteiger partial charge in [0.1, 0.15) is 12.1 Å². The van der Waals surface area contributed by atoms with Gasteiger partial charge in [0, 0.05) is 11.8 Å². The Morgan fingerprint density at radius 3 is 2.57 bits per heavy atom. The van der Waals surface area contributed by atoms with Crippen LogP contribution in [0.15, 0.2) is 47.5 Å². The number of nitrogens with zero attached hydrogens (tertiary/aromatic N) is 2. The fraction of sp³-hybridized carbons (Fsp3) is 0. The third kappa shape index (κ3) is 1.50. The van der Waals surface area contributed by atoms with Crippen molar-refractivity contribution in [1.29, 1.82) is 0 Å². The molecule has 70 valence electrons. The number of rotatable bonds is 1. The number of nitrogen functional groups attached to an aromatic ring is 1. The van der Waals surface area contributed by atoms with Crippen LogP contribution in [0.3, 0.4) is 0 Å². The molecule has 0 aliphatic heterocycles. The number of para-hydroxylation sites is 1. The third-order valence-corrected chi connectivity index (χ3v) is 1.88. The molecule has 0 saturated heterocycles. The predicted octanol–water partition coefficient (Wildman–Crippen LogP) is 0.815. The van der Waals surface area contributed by atoms with Crippen LogP contribution >= 0.6 is 0 Å². The van der Waals surface area contributed by atoms with Crippen molar-refractivity contribution in [2.75, 3.05) is 5.73 Å². The molecule has 1 aromatic heterocycles. The van der Waals surface area contributed by atoms with E-state index in [2.05, 4.69) is 4.98 Å². The average Bonchev–Trinajstić information content (AvgIpc) is 2.19. The van der Waals surface area contributed by atoms with Gasteiger partial charge >= 0.3 is 0 Å². The van der Waals surface area contributed by atoms with Gasteiger partial charge in [-0.2, -0.15) is 4.98 Å². The molecule has 2 rings (SSSR count). The van der Waals surface area contributed by atoms with E-state index in [0.29, 0.717) is 5.82 Å². The minimum absolute atomic E-state index is 0.324. The van der Waals surface area contributed by atoms with Crippen molar-refractivity contribution in [1.82, 2.24) is 9.55 Å². The Bertz CT molecular complexity index is 490. The molecule has 2 aromatic rings. The molecule has 1 aromatic carbocycles. The quantitative estimate of drug-likeness (QED) is 0.718. The maximum Gasteiger partial charge on any atom is 0.274 e. The summed E-state index contributed by atoms with van der Waals surface area (Å²) < 4.78 is 1.65. The highest BCUT2D eigenvalue weighted by Crippen LogP contribution is 2.09. The summed E-state index contributed by atoms with van der Waals surface area (Å²) in [5, 5.41) is 0. The first kappa shape index (κ1) is 8.50. The van der Waals surface area contributed by atoms with Crippen LogP contribution in [0, 0.1) is 0 Å². The number of aromatic nitrogens is 2. The van der Waals surface area contributed by atoms with E-state index in [-0.39, 0.29) is 5.56 Å². The zero-order valence-electron chi connectivity index (χ0n) is 7.42. The second kappa shape index (κ2) is 3.33. The molecule has 0 radical (unpaired) electrons. The van der Waals surface area contributed by atoms with Crippen molar-refractivity contribution < 1.29 is 0 Å². The molecular formula is C10H9N3O. The average molecular weight is 187 g/mol. The number of nitrogens with two attached hydrogens (primary N) is 1. The summed E-state index contributed by atoms with van der Waals surface area (Å²) in [5.74, 6) is 0.385. The van der Waals surface area contributed by atoms with E-state index >= 15 is 0 Å². The van der Waals surface area contributed by atoms with E-state index in [1.807, 2.05) is 30.3 Å². The van der Waals surface area contributed by atoms with Gasteiger partial charge in [-0.05, 0) is 12.1 Å². The molecule has 0 amide bonds. The summed E-state index contributed by atoms with van der Waals surface area (Å²) >= 11 is 0. The van der Waals surface area contributed by atoms with Crippen molar-refractivity contribution in [3.05, 3.63) is 53.1 Å². The summed E-state index contributed by atoms with van der Waals surface area (Å²) in [4.78, 5) is 14.5. The molecule has 4 nitrogen and oxygen atoms in total. The van der Waals surface area contributed by atoms with Crippen LogP contribution in [0.2, 0.25) is 0 Å². The van der Waals surface area contributed by atoms with Crippen molar-refractivity contribution in [3.8, 4) is 5.69 Å². The highest BCUT2D eigenvalue weighted by Gasteiger charge is 1.98. The van der Waals surface area contributed by atoms with E-state index in [9.17, 15) is 4.79 Å². The minimum atomic E-state index is -0.324. The van der Waals surface area contributed by atoms with E-state index in [0.717, 1.165) is 5.69 Å². The molecule has 1 heterocycles. The van der Waals surface area contributed by atoms with Crippen LogP contribution in [0.1, 0.15) is 0 Å². The lowest BCUT2D eigenvalue weighted by Crippen LogP contribution is -2.12. The summed E-state index contributed by atoms with van der Waals surface area (Å²) in [6.07, 6.45) is 1.42. The van der Waals surface area contributed by atoms with Crippen molar-refractivity contribution in [2.45, 2.75) is 0 Å². The van der Waals surface area contributed by atoms with E-state index in [1.165, 1.54) is 12.4 Å². The summed E-state index contributed by atoms with van der Waals surface area (Å²) in [6.45, 7) is 0. The van der Waals surface area contributed by atoms with Crippen LogP contribution in [-0.2, 0) is 0 Å². The molecule has 0 fully saturated rings. The number of benzene rings is 1. The smallest absolute Gasteiger partial charge is 0.274 e. The molecule has 0 unspecified atom stereocenters. The van der Waals surface area contributed by atoms with Gasteiger partial charge in [-0.25, -0.2) is 0 Å². The fourth-order valence-electron chi connectivity index (χ4n) is 1.22. The molecule has 2 N–H and O–H groups in total. The maximum absolute atomic E-state index is 10.9. The number of hydrogen-bond donors (Lipinski definition) is 1. The number of hydrogen-bond acceptors (Lipinski definition) is 3. The van der Waals surface area contributed by atoms with Crippen LogP contribution < -0.4 is 11.3 Å². The van der Waals surface area contributed by atoms with Crippen LogP contribution in [0.5, 0.6) is 0 Å². The largest absolute Gasteiger partial charge is 0.385 e. The first-order chi connectivity index (χ1) is 6.77. The normalized spacial score (nSPS) is 10.0. The van der Waals surface area contributed by atoms with E-state index in [4.69, 9.17) is 5.73 Å². The Morgan fingerprint density at radius 1 is 1.21 bits per heavy atom. The Labute approximate surface area is 80.6 Å². The molecular weight excluding hydrogens is 178 g/mol. The summed E-state index contributed by atoms with van der Waals surface area (Å²) in [6, 6.07) is 10.8. The van der Waals surface area contributed by atoms with Crippen LogP contribution in [0.25, 0.3) is 5.69 Å². The molecule has 4 heteroatoms. The predicted molar refractivity (Wildman–Crippen MR) is 54.2 cm³/mol. The molecule has 14 heavy (non-hydrogen) atoms. The van der Waals surface area contributed by atoms with Gasteiger partial charge in [0.25, 0.3) is 5.56 Å². The lowest BCUT2D eigenvalue weighted by Gasteiger charge is -2.07. The van der Waals surface area contributed by atoms with Crippen molar-refractivity contribution in [2.24, 2.45) is 0 Å². The minimum Gasteiger partial charge on any atom is -0.385 e. The van der Waals surface area contributed by atoms with Crippen LogP contribution in [0.4, 0.5) is 5.82 Å². The molecule has 0 bridgehead atoms. The van der Waals surface area contributed by atoms with Gasteiger partial charge in [0.05, 0.1) is 0 Å². The lowest BCUT2D eigenvalue weighted by atomic mass is 10.3. The van der Waals surface area contributed by atoms with Crippen molar-refractivity contribution >= 4 is 5.82 Å². The Hall–Kier alpha value is -2.10. The molecule has 0 spiro atoms. The first-order valence-corrected chi connectivity index (χ1v) is 4.17. The molecule has 0 aliphatic rings. The first-order valence-electron chi connectivity index (χ1n) is 4.17. The summed E-state index contributed by atoms with van der Waals surface area (Å²) in [5.41, 5.74) is 6.24. The van der Waals surface area contributed by atoms with E-state index < -0.39 is 0 Å². The molecule has 0 saturated carbocycles. The highest BCUT2D eigenvalue weighted by molar-refractivity contribution is 5.41. The number of anilines is 1. The topological polar surface area (TPSA) is 60.9 Å². The van der Waals surface area contributed by atoms with Gasteiger partial charge in [0.15, 0.2) is 0 Å². The Morgan fingerprint density at radius 2 is 1.93 bits per heavy atom. The lowest BCUT2D eigenvalue weighted by molar-refractivity contribution is 0.976. The maximum atomic E-state index is 10.9. The second-order valence-electron chi connectivity index (χ2n) is 2.86. The zero-order valence-corrected chi connectivity index (χ0v) is 7.42. The van der Waals surface area contributed by atoms with Gasteiger partial charge in [-0.15, -0.1) is 0 Å². The van der Waals surface area contributed by atoms with Gasteiger partial charge < -0.3 is 5.73 Å². The second-order valence-corrected chi connectivity index (χ2v) is 2.86. The van der Waals surface area contributed by atoms with Gasteiger partial charge in [-0.1, -0.05) is 18.2 Å². The van der Waals surface area contributed by atoms with E-state index in [1.54, 1.807) is 4.57 Å². The van der Waals surface area contributed by atoms with Gasteiger partial charge in [0.2, 0.25) is 0 Å². The standard InChI is InChI=1S/C10H9N3O/c11-9-6-10(14)12-7-13(9)8-4-2-1-3-5-8/h1-7H,11H2. The monoisotopic (exact) mass is 187 g/mol. The molecule has 0 atom stereocenters. The van der Waals surface area contributed by atoms with Crippen LogP contribution in [-0.4, -0.2) is 9.55 Å². The Kier molecular flexibility index (Phi) is 2.02. The SMILES string of the molecule is Nc1cc(=O)ncn1-c1ccccc1. The van der Waals surface area contributed by atoms with Crippen molar-refractivity contribution in [3.63, 3.8) is 0 Å².